The van der Waals surface area contributed by atoms with E-state index in [9.17, 15) is 19.8 Å². The van der Waals surface area contributed by atoms with Crippen molar-refractivity contribution in [2.75, 3.05) is 54.6 Å². The van der Waals surface area contributed by atoms with E-state index < -0.39 is 58.0 Å². The lowest BCUT2D eigenvalue weighted by Gasteiger charge is -2.63. The first-order valence-corrected chi connectivity index (χ1v) is 22.8. The summed E-state index contributed by atoms with van der Waals surface area (Å²) in [5.41, 5.74) is 2.11. The number of aromatic nitrogens is 1. The molecule has 3 unspecified atom stereocenters. The summed E-state index contributed by atoms with van der Waals surface area (Å²) in [7, 11) is 6.29. The van der Waals surface area contributed by atoms with Gasteiger partial charge in [0.1, 0.15) is 11.2 Å². The van der Waals surface area contributed by atoms with Crippen molar-refractivity contribution in [3.05, 3.63) is 101 Å². The minimum atomic E-state index is -2.29. The van der Waals surface area contributed by atoms with Crippen molar-refractivity contribution in [2.45, 2.75) is 88.3 Å². The Morgan fingerprint density at radius 3 is 2.44 bits per heavy atom. The number of esters is 3. The number of likely N-dealkylation sites (N-methyl/N-ethyl adjacent to an activating group) is 1. The fourth-order valence-electron chi connectivity index (χ4n) is 14.2. The summed E-state index contributed by atoms with van der Waals surface area (Å²) in [6, 6.07) is 12.3. The highest BCUT2D eigenvalue weighted by atomic mass is 16.6. The van der Waals surface area contributed by atoms with Crippen LogP contribution in [0.4, 0.5) is 0 Å². The molecule has 13 heteroatoms. The van der Waals surface area contributed by atoms with Crippen molar-refractivity contribution in [1.82, 2.24) is 19.7 Å². The van der Waals surface area contributed by atoms with Gasteiger partial charge in [-0.1, -0.05) is 61.9 Å². The van der Waals surface area contributed by atoms with Crippen LogP contribution in [-0.2, 0) is 45.3 Å². The average Bonchev–Trinajstić information content (AvgIpc) is 3.94. The zero-order valence-corrected chi connectivity index (χ0v) is 37.9. The summed E-state index contributed by atoms with van der Waals surface area (Å²) >= 11 is 0. The Hall–Kier alpha value is -5.21. The van der Waals surface area contributed by atoms with Crippen LogP contribution >= 0.6 is 0 Å². The number of hydrogen-bond acceptors (Lipinski definition) is 12. The van der Waals surface area contributed by atoms with Crippen molar-refractivity contribution in [2.24, 2.45) is 22.7 Å². The zero-order chi connectivity index (χ0) is 45.1. The molecule has 6 heterocycles. The lowest BCUT2D eigenvalue weighted by molar-refractivity contribution is -0.243. The molecule has 64 heavy (non-hydrogen) atoms. The van der Waals surface area contributed by atoms with Crippen LogP contribution in [0.15, 0.2) is 89.7 Å². The maximum atomic E-state index is 15.5. The Morgan fingerprint density at radius 1 is 0.953 bits per heavy atom. The SMILES string of the molecule is CCC1=C[C@H]2CN(C1)Cc1c([nH]c3ccc(-c4cccc(O)c4)cc13)[C@@](C(=O)OC)(C1C=C3C(=CC1OC)N(C)[C@H]1[C@@](O)(C(=O)OC)[C@H](OC(C)=O)[C@]4(CC)C=CCN5CC[C@]31[C@@H]54)C2. The second kappa shape index (κ2) is 15.2. The number of phenolic OH excluding ortho intramolecular Hbond substituents is 1. The first kappa shape index (κ1) is 42.7. The smallest absolute Gasteiger partial charge is 0.344 e. The van der Waals surface area contributed by atoms with Crippen molar-refractivity contribution >= 4 is 28.8 Å². The van der Waals surface area contributed by atoms with E-state index in [1.807, 2.05) is 37.1 Å². The molecule has 2 saturated heterocycles. The Kier molecular flexibility index (Phi) is 10.1. The summed E-state index contributed by atoms with van der Waals surface area (Å²) in [6.45, 7) is 9.03. The third-order valence-electron chi connectivity index (χ3n) is 16.4. The molecule has 3 aromatic rings. The van der Waals surface area contributed by atoms with E-state index in [-0.39, 0.29) is 23.7 Å². The lowest BCUT2D eigenvalue weighted by Crippen LogP contribution is -2.79. The number of ether oxygens (including phenoxy) is 4. The molecule has 1 aromatic heterocycles. The molecular formula is C51H60N4O9. The second-order valence-electron chi connectivity index (χ2n) is 19.3. The minimum absolute atomic E-state index is 0.00504. The van der Waals surface area contributed by atoms with Crippen molar-refractivity contribution in [3.8, 4) is 16.9 Å². The van der Waals surface area contributed by atoms with Gasteiger partial charge < -0.3 is 39.0 Å². The van der Waals surface area contributed by atoms with Gasteiger partial charge in [-0.3, -0.25) is 19.4 Å². The number of H-pyrrole nitrogens is 1. The van der Waals surface area contributed by atoms with Crippen LogP contribution in [0, 0.1) is 22.7 Å². The summed E-state index contributed by atoms with van der Waals surface area (Å²) in [5, 5.41) is 24.8. The van der Waals surface area contributed by atoms with E-state index in [4.69, 9.17) is 18.9 Å². The van der Waals surface area contributed by atoms with Crippen molar-refractivity contribution < 1.29 is 43.5 Å². The van der Waals surface area contributed by atoms with Crippen molar-refractivity contribution in [1.29, 1.82) is 0 Å². The third kappa shape index (κ3) is 5.66. The minimum Gasteiger partial charge on any atom is -0.508 e. The van der Waals surface area contributed by atoms with Gasteiger partial charge in [-0.05, 0) is 90.8 Å². The quantitative estimate of drug-likeness (QED) is 0.143. The standard InChI is InChI=1S/C51H60N4O9/c1-8-30-20-31-25-50(46(58)62-6,42-36(28-54(26-30)27-31)35-22-33(14-15-39(35)52-42)32-12-10-13-34(57)21-32)38-23-37-40(24-41(38)61-5)53(4)44-49(37)17-19-55-18-11-16-48(9-2,43(49)55)45(64-29(3)56)51(44,60)47(59)63-7/h10-16,20-24,31,38,41,43-45,52,57,60H,8-9,17-19,25-28H2,1-7H3/t31-,38?,41?,43+,44-,45-,48-,49-,50+,51+/m1/s1. The number of allylic oxidation sites excluding steroid dienone is 1. The highest BCUT2D eigenvalue weighted by molar-refractivity contribution is 5.94. The number of benzene rings is 2. The number of aromatic amines is 1. The Bertz CT molecular complexity index is 2580. The maximum Gasteiger partial charge on any atom is 0.344 e. The third-order valence-corrected chi connectivity index (χ3v) is 16.4. The summed E-state index contributed by atoms with van der Waals surface area (Å²) in [4.78, 5) is 53.8. The number of nitrogens with one attached hydrogen (secondary N) is 1. The highest BCUT2D eigenvalue weighted by Crippen LogP contribution is 2.70. The largest absolute Gasteiger partial charge is 0.508 e. The van der Waals surface area contributed by atoms with Gasteiger partial charge in [-0.15, -0.1) is 0 Å². The molecule has 2 aliphatic carbocycles. The molecule has 1 spiro atoms. The number of phenols is 1. The number of nitrogens with zero attached hydrogens (tertiary/aromatic N) is 3. The van der Waals surface area contributed by atoms with E-state index in [2.05, 4.69) is 64.2 Å². The van der Waals surface area contributed by atoms with Crippen LogP contribution in [0.2, 0.25) is 0 Å². The number of hydrogen-bond donors (Lipinski definition) is 3. The van der Waals surface area contributed by atoms with E-state index >= 15 is 4.79 Å². The van der Waals surface area contributed by atoms with E-state index in [1.165, 1.54) is 26.7 Å². The van der Waals surface area contributed by atoms with Gasteiger partial charge in [-0.25, -0.2) is 4.79 Å². The predicted octanol–water partition coefficient (Wildman–Crippen LogP) is 5.77. The number of rotatable bonds is 8. The molecule has 5 aliphatic heterocycles. The van der Waals surface area contributed by atoms with Gasteiger partial charge in [0.25, 0.3) is 0 Å². The number of fused-ring (bicyclic) bond motifs is 6. The number of carbonyl (C=O) groups excluding carboxylic acids is 3. The lowest BCUT2D eigenvalue weighted by atomic mass is 9.47. The summed E-state index contributed by atoms with van der Waals surface area (Å²) in [6.07, 6.45) is 11.3. The Morgan fingerprint density at radius 2 is 1.73 bits per heavy atom. The van der Waals surface area contributed by atoms with Gasteiger partial charge in [-0.2, -0.15) is 0 Å². The molecule has 0 amide bonds. The molecule has 10 rings (SSSR count). The van der Waals surface area contributed by atoms with E-state index in [1.54, 1.807) is 19.2 Å². The van der Waals surface area contributed by atoms with Gasteiger partial charge in [0.2, 0.25) is 5.60 Å². The average molecular weight is 873 g/mol. The van der Waals surface area contributed by atoms with Crippen LogP contribution in [0.25, 0.3) is 22.0 Å². The number of likely N-dealkylation sites (tertiary alicyclic amines) is 1. The van der Waals surface area contributed by atoms with Crippen LogP contribution in [0.5, 0.6) is 5.75 Å². The Labute approximate surface area is 374 Å². The molecule has 1 saturated carbocycles. The first-order valence-electron chi connectivity index (χ1n) is 22.8. The molecule has 2 aromatic carbocycles. The molecule has 0 radical (unpaired) electrons. The predicted molar refractivity (Wildman–Crippen MR) is 240 cm³/mol. The number of carbonyl (C=O) groups is 3. The number of aliphatic hydroxyl groups is 1. The van der Waals surface area contributed by atoms with E-state index in [0.29, 0.717) is 38.9 Å². The highest BCUT2D eigenvalue weighted by Gasteiger charge is 2.81. The van der Waals surface area contributed by atoms with Crippen molar-refractivity contribution in [3.63, 3.8) is 0 Å². The molecule has 7 aliphatic rings. The molecule has 3 fully saturated rings. The fourth-order valence-corrected chi connectivity index (χ4v) is 14.2. The molecular weight excluding hydrogens is 813 g/mol. The fraction of sp³-hybridized carbons (Fsp3) is 0.510. The molecule has 3 N–H and O–H groups in total. The topological polar surface area (TPSA) is 154 Å². The van der Waals surface area contributed by atoms with Gasteiger partial charge in [0.15, 0.2) is 6.10 Å². The summed E-state index contributed by atoms with van der Waals surface area (Å²) < 4.78 is 24.3. The molecule has 2 bridgehead atoms. The van der Waals surface area contributed by atoms with Crippen LogP contribution in [0.3, 0.4) is 0 Å². The molecule has 11 atom stereocenters. The van der Waals surface area contributed by atoms with Crippen LogP contribution < -0.4 is 0 Å². The number of aromatic hydroxyl groups is 1. The normalized spacial score (nSPS) is 36.0. The monoisotopic (exact) mass is 872 g/mol. The number of methoxy groups -OCH3 is 3. The van der Waals surface area contributed by atoms with Gasteiger partial charge in [0.05, 0.1) is 26.4 Å². The van der Waals surface area contributed by atoms with E-state index in [0.717, 1.165) is 64.1 Å². The van der Waals surface area contributed by atoms with Crippen LogP contribution in [0.1, 0.15) is 57.7 Å². The van der Waals surface area contributed by atoms with Gasteiger partial charge >= 0.3 is 17.9 Å². The zero-order valence-electron chi connectivity index (χ0n) is 37.9. The van der Waals surface area contributed by atoms with Crippen LogP contribution in [-0.4, -0.2) is 132 Å². The Balaban J connectivity index is 1.25. The summed E-state index contributed by atoms with van der Waals surface area (Å²) in [5.74, 6) is -2.26. The molecule has 338 valence electrons. The van der Waals surface area contributed by atoms with Gasteiger partial charge in [0, 0.05) is 92.3 Å². The first-order chi connectivity index (χ1) is 30.7. The molecule has 13 nitrogen and oxygen atoms in total. The maximum absolute atomic E-state index is 15.5. The second-order valence-corrected chi connectivity index (χ2v) is 19.3.